The van der Waals surface area contributed by atoms with Crippen molar-refractivity contribution < 1.29 is 0 Å². The summed E-state index contributed by atoms with van der Waals surface area (Å²) < 4.78 is 0. The molecule has 0 aliphatic carbocycles. The van der Waals surface area contributed by atoms with Crippen molar-refractivity contribution in [1.29, 1.82) is 0 Å². The molecule has 0 heterocycles. The topological polar surface area (TPSA) is 0 Å². The van der Waals surface area contributed by atoms with Gasteiger partial charge in [-0.15, -0.1) is 0 Å². The maximum absolute atomic E-state index is 3.70. The minimum absolute atomic E-state index is 0.815. The van der Waals surface area contributed by atoms with Crippen LogP contribution in [0.2, 0.25) is 0 Å². The van der Waals surface area contributed by atoms with Crippen molar-refractivity contribution in [2.45, 2.75) is 33.6 Å². The number of allylic oxidation sites excluding steroid dienone is 3. The van der Waals surface area contributed by atoms with Crippen molar-refractivity contribution >= 4 is 0 Å². The summed E-state index contributed by atoms with van der Waals surface area (Å²) in [6, 6.07) is 0. The van der Waals surface area contributed by atoms with E-state index in [0.717, 1.165) is 5.92 Å². The van der Waals surface area contributed by atoms with Gasteiger partial charge >= 0.3 is 0 Å². The maximum atomic E-state index is 3.70. The van der Waals surface area contributed by atoms with Gasteiger partial charge < -0.3 is 0 Å². The smallest absolute Gasteiger partial charge is 0.0319 e. The van der Waals surface area contributed by atoms with Crippen LogP contribution < -0.4 is 0 Å². The maximum Gasteiger partial charge on any atom is -0.0319 e. The van der Waals surface area contributed by atoms with Gasteiger partial charge in [-0.2, -0.15) is 0 Å². The summed E-state index contributed by atoms with van der Waals surface area (Å²) in [6.45, 7) is 10.3. The van der Waals surface area contributed by atoms with Crippen LogP contribution in [0.5, 0.6) is 0 Å². The molecule has 0 N–H and O–H groups in total. The molecule has 0 aromatic rings. The summed E-state index contributed by atoms with van der Waals surface area (Å²) in [5.41, 5.74) is 1.29. The zero-order valence-electron chi connectivity index (χ0n) is 7.35. The third-order valence-electron chi connectivity index (χ3n) is 1.86. The molecule has 0 aliphatic rings. The lowest BCUT2D eigenvalue weighted by Gasteiger charge is -2.02. The van der Waals surface area contributed by atoms with Crippen molar-refractivity contribution in [3.63, 3.8) is 0 Å². The molecule has 0 aliphatic heterocycles. The molecule has 0 radical (unpaired) electrons. The summed E-state index contributed by atoms with van der Waals surface area (Å²) >= 11 is 0. The van der Waals surface area contributed by atoms with Gasteiger partial charge in [0.25, 0.3) is 0 Å². The van der Waals surface area contributed by atoms with E-state index in [4.69, 9.17) is 0 Å². The molecule has 58 valence electrons. The van der Waals surface area contributed by atoms with E-state index in [2.05, 4.69) is 33.4 Å². The van der Waals surface area contributed by atoms with E-state index in [0.29, 0.717) is 0 Å². The highest BCUT2D eigenvalue weighted by Crippen LogP contribution is 2.08. The first-order valence-corrected chi connectivity index (χ1v) is 3.99. The molecule has 1 atom stereocenters. The SMILES string of the molecule is C=CC(C)=CCC(C)CC. The van der Waals surface area contributed by atoms with Crippen molar-refractivity contribution in [1.82, 2.24) is 0 Å². The van der Waals surface area contributed by atoms with Gasteiger partial charge in [0.15, 0.2) is 0 Å². The zero-order chi connectivity index (χ0) is 7.98. The molecular formula is C10H18. The number of hydrogen-bond acceptors (Lipinski definition) is 0. The first-order chi connectivity index (χ1) is 4.70. The van der Waals surface area contributed by atoms with Crippen LogP contribution in [0.15, 0.2) is 24.3 Å². The monoisotopic (exact) mass is 138 g/mol. The summed E-state index contributed by atoms with van der Waals surface area (Å²) in [4.78, 5) is 0. The highest BCUT2D eigenvalue weighted by Gasteiger charge is 1.93. The summed E-state index contributed by atoms with van der Waals surface area (Å²) in [7, 11) is 0. The summed E-state index contributed by atoms with van der Waals surface area (Å²) in [6.07, 6.45) is 6.61. The predicted octanol–water partition coefficient (Wildman–Crippen LogP) is 3.55. The third-order valence-corrected chi connectivity index (χ3v) is 1.86. The van der Waals surface area contributed by atoms with Crippen LogP contribution in [0.4, 0.5) is 0 Å². The molecule has 10 heavy (non-hydrogen) atoms. The molecule has 0 heteroatoms. The van der Waals surface area contributed by atoms with Gasteiger partial charge in [0.2, 0.25) is 0 Å². The Morgan fingerprint density at radius 3 is 2.60 bits per heavy atom. The Labute approximate surface area is 64.6 Å². The average molecular weight is 138 g/mol. The average Bonchev–Trinajstić information content (AvgIpc) is 1.99. The molecule has 0 aromatic heterocycles. The van der Waals surface area contributed by atoms with E-state index in [1.807, 2.05) is 6.08 Å². The van der Waals surface area contributed by atoms with E-state index in [-0.39, 0.29) is 0 Å². The van der Waals surface area contributed by atoms with Gasteiger partial charge in [-0.3, -0.25) is 0 Å². The molecule has 0 bridgehead atoms. The lowest BCUT2D eigenvalue weighted by atomic mass is 10.0. The fraction of sp³-hybridized carbons (Fsp3) is 0.600. The Hall–Kier alpha value is -0.520. The lowest BCUT2D eigenvalue weighted by molar-refractivity contribution is 0.571. The molecular weight excluding hydrogens is 120 g/mol. The second kappa shape index (κ2) is 5.28. The molecule has 0 amide bonds. The van der Waals surface area contributed by atoms with Gasteiger partial charge in [-0.05, 0) is 19.3 Å². The van der Waals surface area contributed by atoms with Crippen LogP contribution in [0.3, 0.4) is 0 Å². The van der Waals surface area contributed by atoms with Gasteiger partial charge in [0.05, 0.1) is 0 Å². The first kappa shape index (κ1) is 9.48. The molecule has 0 fully saturated rings. The lowest BCUT2D eigenvalue weighted by Crippen LogP contribution is -1.88. The van der Waals surface area contributed by atoms with Crippen LogP contribution in [-0.2, 0) is 0 Å². The minimum Gasteiger partial charge on any atom is -0.0988 e. The van der Waals surface area contributed by atoms with Crippen molar-refractivity contribution in [2.75, 3.05) is 0 Å². The van der Waals surface area contributed by atoms with Crippen LogP contribution in [0, 0.1) is 5.92 Å². The second-order valence-electron chi connectivity index (χ2n) is 2.90. The fourth-order valence-corrected chi connectivity index (χ4v) is 0.637. The van der Waals surface area contributed by atoms with E-state index in [1.54, 1.807) is 0 Å². The normalized spacial score (nSPS) is 14.9. The Bertz CT molecular complexity index is 120. The molecule has 0 saturated carbocycles. The second-order valence-corrected chi connectivity index (χ2v) is 2.90. The Morgan fingerprint density at radius 1 is 1.60 bits per heavy atom. The van der Waals surface area contributed by atoms with E-state index < -0.39 is 0 Å². The standard InChI is InChI=1S/C10H18/c1-5-9(3)7-8-10(4)6-2/h5,7,10H,1,6,8H2,2-4H3. The van der Waals surface area contributed by atoms with Crippen LogP contribution in [-0.4, -0.2) is 0 Å². The van der Waals surface area contributed by atoms with E-state index in [1.165, 1.54) is 18.4 Å². The third kappa shape index (κ3) is 4.37. The van der Waals surface area contributed by atoms with E-state index in [9.17, 15) is 0 Å². The van der Waals surface area contributed by atoms with Gasteiger partial charge in [-0.25, -0.2) is 0 Å². The predicted molar refractivity (Wildman–Crippen MR) is 48.0 cm³/mol. The molecule has 0 saturated heterocycles. The molecule has 0 spiro atoms. The summed E-state index contributed by atoms with van der Waals surface area (Å²) in [5.74, 6) is 0.815. The van der Waals surface area contributed by atoms with E-state index >= 15 is 0 Å². The Balaban J connectivity index is 3.60. The molecule has 0 nitrogen and oxygen atoms in total. The fourth-order valence-electron chi connectivity index (χ4n) is 0.637. The minimum atomic E-state index is 0.815. The summed E-state index contributed by atoms with van der Waals surface area (Å²) in [5, 5.41) is 0. The quantitative estimate of drug-likeness (QED) is 0.521. The van der Waals surface area contributed by atoms with Crippen molar-refractivity contribution in [3.05, 3.63) is 24.3 Å². The van der Waals surface area contributed by atoms with Gasteiger partial charge in [-0.1, -0.05) is 44.6 Å². The van der Waals surface area contributed by atoms with Crippen LogP contribution >= 0.6 is 0 Å². The number of hydrogen-bond donors (Lipinski definition) is 0. The van der Waals surface area contributed by atoms with Crippen molar-refractivity contribution in [2.24, 2.45) is 5.92 Å². The first-order valence-electron chi connectivity index (χ1n) is 3.99. The van der Waals surface area contributed by atoms with Crippen LogP contribution in [0.25, 0.3) is 0 Å². The highest BCUT2D eigenvalue weighted by atomic mass is 14.0. The highest BCUT2D eigenvalue weighted by molar-refractivity contribution is 5.12. The molecule has 1 unspecified atom stereocenters. The van der Waals surface area contributed by atoms with Gasteiger partial charge in [0, 0.05) is 0 Å². The van der Waals surface area contributed by atoms with Crippen LogP contribution in [0.1, 0.15) is 33.6 Å². The molecule has 0 rings (SSSR count). The zero-order valence-corrected chi connectivity index (χ0v) is 7.35. The molecule has 0 aromatic carbocycles. The van der Waals surface area contributed by atoms with Crippen molar-refractivity contribution in [3.8, 4) is 0 Å². The largest absolute Gasteiger partial charge is 0.0988 e. The Kier molecular flexibility index (Phi) is 5.00. The Morgan fingerprint density at radius 2 is 2.20 bits per heavy atom. The number of rotatable bonds is 4. The van der Waals surface area contributed by atoms with Gasteiger partial charge in [0.1, 0.15) is 0 Å².